The van der Waals surface area contributed by atoms with Crippen molar-refractivity contribution in [1.82, 2.24) is 15.1 Å². The van der Waals surface area contributed by atoms with E-state index in [-0.39, 0.29) is 24.3 Å². The van der Waals surface area contributed by atoms with Crippen LogP contribution >= 0.6 is 0 Å². The molecule has 2 heterocycles. The molecular weight excluding hydrogens is 382 g/mol. The van der Waals surface area contributed by atoms with Crippen molar-refractivity contribution in [3.8, 4) is 5.75 Å². The number of nitrogens with zero attached hydrogens (tertiary/aromatic N) is 2. The molecule has 2 fully saturated rings. The molecule has 2 aliphatic rings. The summed E-state index contributed by atoms with van der Waals surface area (Å²) in [7, 11) is 1.60. The first-order valence-electron chi connectivity index (χ1n) is 11.0. The molecule has 1 N–H and O–H groups in total. The van der Waals surface area contributed by atoms with Gasteiger partial charge in [0.15, 0.2) is 0 Å². The third-order valence-electron chi connectivity index (χ3n) is 6.13. The van der Waals surface area contributed by atoms with Gasteiger partial charge in [0.1, 0.15) is 5.75 Å². The van der Waals surface area contributed by atoms with Crippen molar-refractivity contribution in [2.45, 2.75) is 51.5 Å². The average Bonchev–Trinajstić information content (AvgIpc) is 3.31. The highest BCUT2D eigenvalue weighted by Crippen LogP contribution is 2.40. The van der Waals surface area contributed by atoms with E-state index >= 15 is 0 Å². The summed E-state index contributed by atoms with van der Waals surface area (Å²) >= 11 is 0. The van der Waals surface area contributed by atoms with Crippen LogP contribution in [0.15, 0.2) is 24.3 Å². The molecule has 2 unspecified atom stereocenters. The molecule has 7 nitrogen and oxygen atoms in total. The Kier molecular flexibility index (Phi) is 7.71. The van der Waals surface area contributed by atoms with E-state index < -0.39 is 12.0 Å². The van der Waals surface area contributed by atoms with Crippen LogP contribution in [0.3, 0.4) is 0 Å². The Balaban J connectivity index is 1.81. The molecule has 0 aromatic heterocycles. The molecule has 3 rings (SSSR count). The number of amides is 3. The van der Waals surface area contributed by atoms with Crippen molar-refractivity contribution in [3.63, 3.8) is 0 Å². The van der Waals surface area contributed by atoms with Gasteiger partial charge in [-0.05, 0) is 31.7 Å². The first kappa shape index (κ1) is 22.1. The third kappa shape index (κ3) is 4.94. The summed E-state index contributed by atoms with van der Waals surface area (Å²) in [4.78, 5) is 42.0. The van der Waals surface area contributed by atoms with Crippen LogP contribution < -0.4 is 10.1 Å². The van der Waals surface area contributed by atoms with Gasteiger partial charge in [-0.15, -0.1) is 0 Å². The standard InChI is InChI=1S/C23H33N3O4/c1-3-4-15-26-20(27)12-11-18(22(26)17-9-5-6-10-19(17)30-2)23(29)24-16-21(28)25-13-7-8-14-25/h5-6,9-10,18,22H,3-4,7-8,11-16H2,1-2H3,(H,24,29). The second kappa shape index (κ2) is 10.5. The highest BCUT2D eigenvalue weighted by molar-refractivity contribution is 5.88. The lowest BCUT2D eigenvalue weighted by Crippen LogP contribution is -2.49. The number of methoxy groups -OCH3 is 1. The number of hydrogen-bond donors (Lipinski definition) is 1. The number of ether oxygens (including phenoxy) is 1. The van der Waals surface area contributed by atoms with Crippen LogP contribution in [-0.2, 0) is 14.4 Å². The molecule has 0 bridgehead atoms. The molecule has 2 saturated heterocycles. The zero-order valence-corrected chi connectivity index (χ0v) is 18.1. The molecule has 0 saturated carbocycles. The van der Waals surface area contributed by atoms with Gasteiger partial charge in [-0.1, -0.05) is 31.5 Å². The molecule has 2 aliphatic heterocycles. The Morgan fingerprint density at radius 2 is 1.93 bits per heavy atom. The Hall–Kier alpha value is -2.57. The second-order valence-electron chi connectivity index (χ2n) is 8.08. The zero-order chi connectivity index (χ0) is 21.5. The van der Waals surface area contributed by atoms with Crippen molar-refractivity contribution in [3.05, 3.63) is 29.8 Å². The molecule has 2 atom stereocenters. The quantitative estimate of drug-likeness (QED) is 0.708. The van der Waals surface area contributed by atoms with E-state index in [2.05, 4.69) is 12.2 Å². The van der Waals surface area contributed by atoms with Crippen molar-refractivity contribution >= 4 is 17.7 Å². The lowest BCUT2D eigenvalue weighted by Gasteiger charge is -2.41. The van der Waals surface area contributed by atoms with Gasteiger partial charge in [-0.25, -0.2) is 0 Å². The van der Waals surface area contributed by atoms with Gasteiger partial charge in [0.2, 0.25) is 17.7 Å². The SMILES string of the molecule is CCCCN1C(=O)CCC(C(=O)NCC(=O)N2CCCC2)C1c1ccccc1OC. The van der Waals surface area contributed by atoms with E-state index in [1.54, 1.807) is 12.0 Å². The maximum atomic E-state index is 13.2. The van der Waals surface area contributed by atoms with E-state index in [4.69, 9.17) is 4.74 Å². The molecule has 0 aliphatic carbocycles. The van der Waals surface area contributed by atoms with E-state index in [9.17, 15) is 14.4 Å². The number of carbonyl (C=O) groups is 3. The van der Waals surface area contributed by atoms with Crippen LogP contribution in [-0.4, -0.2) is 60.8 Å². The van der Waals surface area contributed by atoms with Crippen molar-refractivity contribution < 1.29 is 19.1 Å². The number of nitrogens with one attached hydrogen (secondary N) is 1. The summed E-state index contributed by atoms with van der Waals surface area (Å²) in [5.74, 6) is 0.111. The van der Waals surface area contributed by atoms with Crippen molar-refractivity contribution in [2.75, 3.05) is 33.3 Å². The maximum absolute atomic E-state index is 13.2. The molecule has 7 heteroatoms. The number of piperidine rings is 1. The number of benzene rings is 1. The Morgan fingerprint density at radius 1 is 1.20 bits per heavy atom. The highest BCUT2D eigenvalue weighted by Gasteiger charge is 2.41. The molecule has 0 radical (unpaired) electrons. The molecule has 1 aromatic rings. The summed E-state index contributed by atoms with van der Waals surface area (Å²) < 4.78 is 5.55. The predicted molar refractivity (Wildman–Crippen MR) is 114 cm³/mol. The fraction of sp³-hybridized carbons (Fsp3) is 0.609. The third-order valence-corrected chi connectivity index (χ3v) is 6.13. The summed E-state index contributed by atoms with van der Waals surface area (Å²) in [5, 5.41) is 2.85. The zero-order valence-electron chi connectivity index (χ0n) is 18.1. The fourth-order valence-corrected chi connectivity index (χ4v) is 4.49. The number of para-hydroxylation sites is 1. The lowest BCUT2D eigenvalue weighted by atomic mass is 9.83. The summed E-state index contributed by atoms with van der Waals surface area (Å²) in [6.45, 7) is 4.23. The van der Waals surface area contributed by atoms with Crippen LogP contribution in [0.5, 0.6) is 5.75 Å². The monoisotopic (exact) mass is 415 g/mol. The second-order valence-corrected chi connectivity index (χ2v) is 8.08. The summed E-state index contributed by atoms with van der Waals surface area (Å²) in [6.07, 6.45) is 4.68. The number of hydrogen-bond acceptors (Lipinski definition) is 4. The van der Waals surface area contributed by atoms with E-state index in [0.29, 0.717) is 25.1 Å². The molecule has 3 amide bonds. The first-order valence-corrected chi connectivity index (χ1v) is 11.0. The molecule has 30 heavy (non-hydrogen) atoms. The minimum atomic E-state index is -0.415. The average molecular weight is 416 g/mol. The summed E-state index contributed by atoms with van der Waals surface area (Å²) in [5.41, 5.74) is 0.843. The van der Waals surface area contributed by atoms with Crippen molar-refractivity contribution in [2.24, 2.45) is 5.92 Å². The van der Waals surface area contributed by atoms with Crippen molar-refractivity contribution in [1.29, 1.82) is 0 Å². The molecular formula is C23H33N3O4. The topological polar surface area (TPSA) is 79.0 Å². The smallest absolute Gasteiger partial charge is 0.241 e. The lowest BCUT2D eigenvalue weighted by molar-refractivity contribution is -0.144. The van der Waals surface area contributed by atoms with Crippen LogP contribution in [0.2, 0.25) is 0 Å². The number of unbranched alkanes of at least 4 members (excludes halogenated alkanes) is 1. The molecule has 1 aromatic carbocycles. The van der Waals surface area contributed by atoms with Gasteiger partial charge in [0.05, 0.1) is 25.6 Å². The Labute approximate surface area is 178 Å². The minimum Gasteiger partial charge on any atom is -0.496 e. The first-order chi connectivity index (χ1) is 14.6. The van der Waals surface area contributed by atoms with Gasteiger partial charge < -0.3 is 19.9 Å². The van der Waals surface area contributed by atoms with Gasteiger partial charge >= 0.3 is 0 Å². The van der Waals surface area contributed by atoms with E-state index in [1.807, 2.05) is 29.2 Å². The minimum absolute atomic E-state index is 0.0108. The molecule has 0 spiro atoms. The largest absolute Gasteiger partial charge is 0.496 e. The van der Waals surface area contributed by atoms with Crippen LogP contribution in [0.25, 0.3) is 0 Å². The van der Waals surface area contributed by atoms with Gasteiger partial charge in [0, 0.05) is 31.6 Å². The number of likely N-dealkylation sites (tertiary alicyclic amines) is 2. The predicted octanol–water partition coefficient (Wildman–Crippen LogP) is 2.51. The Bertz CT molecular complexity index is 761. The summed E-state index contributed by atoms with van der Waals surface area (Å²) in [6, 6.07) is 7.18. The molecule has 164 valence electrons. The highest BCUT2D eigenvalue weighted by atomic mass is 16.5. The van der Waals surface area contributed by atoms with Crippen LogP contribution in [0, 0.1) is 5.92 Å². The number of carbonyl (C=O) groups excluding carboxylic acids is 3. The Morgan fingerprint density at radius 3 is 2.63 bits per heavy atom. The van der Waals surface area contributed by atoms with Gasteiger partial charge in [0.25, 0.3) is 0 Å². The van der Waals surface area contributed by atoms with E-state index in [0.717, 1.165) is 44.3 Å². The van der Waals surface area contributed by atoms with E-state index in [1.165, 1.54) is 0 Å². The van der Waals surface area contributed by atoms with Gasteiger partial charge in [-0.3, -0.25) is 14.4 Å². The maximum Gasteiger partial charge on any atom is 0.241 e. The van der Waals surface area contributed by atoms with Gasteiger partial charge in [-0.2, -0.15) is 0 Å². The number of rotatable bonds is 8. The van der Waals surface area contributed by atoms with Crippen LogP contribution in [0.1, 0.15) is 57.1 Å². The fourth-order valence-electron chi connectivity index (χ4n) is 4.49. The normalized spacial score (nSPS) is 21.6. The van der Waals surface area contributed by atoms with Crippen LogP contribution in [0.4, 0.5) is 0 Å².